The van der Waals surface area contributed by atoms with E-state index >= 15 is 0 Å². The molecule has 0 radical (unpaired) electrons. The highest BCUT2D eigenvalue weighted by atomic mass is 16.5. The van der Waals surface area contributed by atoms with Crippen LogP contribution in [0, 0.1) is 22.8 Å². The van der Waals surface area contributed by atoms with Crippen molar-refractivity contribution in [1.29, 1.82) is 10.8 Å². The second kappa shape index (κ2) is 9.13. The Balaban J connectivity index is 3.60. The second-order valence-electron chi connectivity index (χ2n) is 3.28. The van der Waals surface area contributed by atoms with Gasteiger partial charge in [-0.3, -0.25) is 4.79 Å². The Morgan fingerprint density at radius 1 is 1.67 bits per heavy atom. The molecule has 0 aromatic heterocycles. The maximum Gasteiger partial charge on any atom is 0.305 e. The SMILES string of the molecule is CCCCOC(=O)CCC(C#N)CN=N. The van der Waals surface area contributed by atoms with Gasteiger partial charge in [-0.05, 0) is 12.8 Å². The van der Waals surface area contributed by atoms with Crippen molar-refractivity contribution in [2.75, 3.05) is 13.2 Å². The second-order valence-corrected chi connectivity index (χ2v) is 3.28. The normalized spacial score (nSPS) is 11.5. The molecule has 0 heterocycles. The summed E-state index contributed by atoms with van der Waals surface area (Å²) in [5.74, 6) is -0.616. The highest BCUT2D eigenvalue weighted by molar-refractivity contribution is 5.69. The molecule has 0 saturated heterocycles. The van der Waals surface area contributed by atoms with Crippen LogP contribution in [0.2, 0.25) is 0 Å². The molecular weight excluding hydrogens is 194 g/mol. The molecule has 0 aromatic rings. The minimum Gasteiger partial charge on any atom is -0.466 e. The topological polar surface area (TPSA) is 86.3 Å². The highest BCUT2D eigenvalue weighted by Crippen LogP contribution is 2.07. The predicted molar refractivity (Wildman–Crippen MR) is 54.2 cm³/mol. The Morgan fingerprint density at radius 3 is 2.93 bits per heavy atom. The fourth-order valence-corrected chi connectivity index (χ4v) is 1.00. The highest BCUT2D eigenvalue weighted by Gasteiger charge is 2.10. The summed E-state index contributed by atoms with van der Waals surface area (Å²) in [6, 6.07) is 2.00. The summed E-state index contributed by atoms with van der Waals surface area (Å²) in [7, 11) is 0. The first kappa shape index (κ1) is 13.6. The zero-order valence-corrected chi connectivity index (χ0v) is 9.03. The molecule has 0 spiro atoms. The van der Waals surface area contributed by atoms with Gasteiger partial charge in [0.1, 0.15) is 0 Å². The fraction of sp³-hybridized carbons (Fsp3) is 0.800. The number of nitrogens with one attached hydrogen (secondary N) is 1. The van der Waals surface area contributed by atoms with Crippen molar-refractivity contribution in [2.24, 2.45) is 11.0 Å². The van der Waals surface area contributed by atoms with E-state index in [4.69, 9.17) is 15.5 Å². The smallest absolute Gasteiger partial charge is 0.305 e. The number of nitriles is 1. The van der Waals surface area contributed by atoms with Gasteiger partial charge in [-0.2, -0.15) is 10.4 Å². The average Bonchev–Trinajstić information content (AvgIpc) is 2.24. The standard InChI is InChI=1S/C10H17N3O2/c1-2-3-6-15-10(14)5-4-9(7-11)8-13-12/h9,12H,2-6,8H2,1H3. The number of unbranched alkanes of at least 4 members (excludes halogenated alkanes) is 1. The van der Waals surface area contributed by atoms with Crippen LogP contribution in [-0.4, -0.2) is 19.1 Å². The van der Waals surface area contributed by atoms with Crippen molar-refractivity contribution < 1.29 is 9.53 Å². The molecule has 1 unspecified atom stereocenters. The molecule has 1 atom stereocenters. The molecule has 1 N–H and O–H groups in total. The van der Waals surface area contributed by atoms with E-state index in [0.717, 1.165) is 12.8 Å². The van der Waals surface area contributed by atoms with Gasteiger partial charge in [0, 0.05) is 6.42 Å². The van der Waals surface area contributed by atoms with Crippen molar-refractivity contribution >= 4 is 5.97 Å². The van der Waals surface area contributed by atoms with Crippen molar-refractivity contribution in [1.82, 2.24) is 0 Å². The van der Waals surface area contributed by atoms with E-state index in [0.29, 0.717) is 13.0 Å². The fourth-order valence-electron chi connectivity index (χ4n) is 1.00. The van der Waals surface area contributed by atoms with Crippen LogP contribution in [-0.2, 0) is 9.53 Å². The first-order chi connectivity index (χ1) is 7.24. The number of esters is 1. The summed E-state index contributed by atoms with van der Waals surface area (Å²) in [6.07, 6.45) is 2.52. The van der Waals surface area contributed by atoms with E-state index in [2.05, 4.69) is 5.11 Å². The maximum absolute atomic E-state index is 11.1. The quantitative estimate of drug-likeness (QED) is 0.379. The Bertz CT molecular complexity index is 235. The Morgan fingerprint density at radius 2 is 2.40 bits per heavy atom. The number of nitrogens with zero attached hydrogens (tertiary/aromatic N) is 2. The molecule has 0 aromatic carbocycles. The van der Waals surface area contributed by atoms with E-state index in [9.17, 15) is 4.79 Å². The first-order valence-electron chi connectivity index (χ1n) is 5.13. The lowest BCUT2D eigenvalue weighted by Gasteiger charge is -2.05. The van der Waals surface area contributed by atoms with Gasteiger partial charge in [-0.15, -0.1) is 0 Å². The van der Waals surface area contributed by atoms with E-state index in [1.807, 2.05) is 13.0 Å². The Labute approximate surface area is 89.9 Å². The van der Waals surface area contributed by atoms with Crippen LogP contribution < -0.4 is 0 Å². The number of hydrogen-bond donors (Lipinski definition) is 1. The summed E-state index contributed by atoms with van der Waals surface area (Å²) in [5.41, 5.74) is 6.62. The molecule has 0 aliphatic carbocycles. The predicted octanol–water partition coefficient (Wildman–Crippen LogP) is 2.28. The van der Waals surface area contributed by atoms with Crippen molar-refractivity contribution in [3.05, 3.63) is 0 Å². The minimum absolute atomic E-state index is 0.165. The molecule has 5 heteroatoms. The van der Waals surface area contributed by atoms with Crippen LogP contribution in [0.25, 0.3) is 0 Å². The Kier molecular flexibility index (Phi) is 8.25. The van der Waals surface area contributed by atoms with Gasteiger partial charge in [0.25, 0.3) is 0 Å². The number of carbonyl (C=O) groups excluding carboxylic acids is 1. The molecule has 0 rings (SSSR count). The summed E-state index contributed by atoms with van der Waals surface area (Å²) in [6.45, 7) is 2.64. The molecule has 15 heavy (non-hydrogen) atoms. The van der Waals surface area contributed by atoms with E-state index in [1.54, 1.807) is 0 Å². The molecule has 5 nitrogen and oxygen atoms in total. The average molecular weight is 211 g/mol. The van der Waals surface area contributed by atoms with Gasteiger partial charge >= 0.3 is 5.97 Å². The van der Waals surface area contributed by atoms with E-state index in [-0.39, 0.29) is 24.9 Å². The Hall–Kier alpha value is -1.44. The van der Waals surface area contributed by atoms with Crippen LogP contribution in [0.4, 0.5) is 0 Å². The van der Waals surface area contributed by atoms with Gasteiger partial charge in [-0.1, -0.05) is 13.3 Å². The third-order valence-electron chi connectivity index (χ3n) is 1.95. The van der Waals surface area contributed by atoms with Gasteiger partial charge in [0.15, 0.2) is 0 Å². The molecule has 0 bridgehead atoms. The van der Waals surface area contributed by atoms with Crippen LogP contribution in [0.1, 0.15) is 32.6 Å². The summed E-state index contributed by atoms with van der Waals surface area (Å²) in [5, 5.41) is 11.8. The lowest BCUT2D eigenvalue weighted by Crippen LogP contribution is -2.09. The van der Waals surface area contributed by atoms with Crippen LogP contribution in [0.5, 0.6) is 0 Å². The number of ether oxygens (including phenoxy) is 1. The molecule has 0 amide bonds. The molecule has 0 aliphatic heterocycles. The van der Waals surface area contributed by atoms with Crippen LogP contribution >= 0.6 is 0 Å². The maximum atomic E-state index is 11.1. The molecular formula is C10H17N3O2. The molecule has 0 fully saturated rings. The van der Waals surface area contributed by atoms with Crippen molar-refractivity contribution in [3.8, 4) is 6.07 Å². The van der Waals surface area contributed by atoms with Gasteiger partial charge < -0.3 is 4.74 Å². The lowest BCUT2D eigenvalue weighted by atomic mass is 10.1. The molecule has 0 aliphatic rings. The lowest BCUT2D eigenvalue weighted by molar-refractivity contribution is -0.144. The number of rotatable bonds is 8. The number of carbonyl (C=O) groups is 1. The largest absolute Gasteiger partial charge is 0.466 e. The third-order valence-corrected chi connectivity index (χ3v) is 1.95. The third kappa shape index (κ3) is 7.62. The van der Waals surface area contributed by atoms with Crippen LogP contribution in [0.15, 0.2) is 5.11 Å². The molecule has 84 valence electrons. The number of hydrogen-bond acceptors (Lipinski definition) is 5. The van der Waals surface area contributed by atoms with Crippen molar-refractivity contribution in [2.45, 2.75) is 32.6 Å². The first-order valence-corrected chi connectivity index (χ1v) is 5.13. The van der Waals surface area contributed by atoms with E-state index in [1.165, 1.54) is 0 Å². The van der Waals surface area contributed by atoms with Gasteiger partial charge in [0.05, 0.1) is 25.1 Å². The summed E-state index contributed by atoms with van der Waals surface area (Å²) >= 11 is 0. The summed E-state index contributed by atoms with van der Waals surface area (Å²) < 4.78 is 4.93. The van der Waals surface area contributed by atoms with Crippen molar-refractivity contribution in [3.63, 3.8) is 0 Å². The zero-order chi connectivity index (χ0) is 11.5. The van der Waals surface area contributed by atoms with Crippen LogP contribution in [0.3, 0.4) is 0 Å². The zero-order valence-electron chi connectivity index (χ0n) is 9.03. The van der Waals surface area contributed by atoms with Gasteiger partial charge in [0.2, 0.25) is 0 Å². The van der Waals surface area contributed by atoms with E-state index < -0.39 is 0 Å². The monoisotopic (exact) mass is 211 g/mol. The minimum atomic E-state index is -0.346. The van der Waals surface area contributed by atoms with Gasteiger partial charge in [-0.25, -0.2) is 5.53 Å². The molecule has 0 saturated carbocycles. The summed E-state index contributed by atoms with van der Waals surface area (Å²) in [4.78, 5) is 11.1.